The first-order valence-electron chi connectivity index (χ1n) is 6.95. The van der Waals surface area contributed by atoms with Crippen LogP contribution < -0.4 is 5.32 Å². The third kappa shape index (κ3) is 2.25. The Hall–Kier alpha value is -1.06. The summed E-state index contributed by atoms with van der Waals surface area (Å²) in [5.41, 5.74) is 0.225. The van der Waals surface area contributed by atoms with Gasteiger partial charge in [0, 0.05) is 6.54 Å². The molecule has 2 atom stereocenters. The molecule has 2 aliphatic rings. The Morgan fingerprint density at radius 1 is 1.39 bits per heavy atom. The van der Waals surface area contributed by atoms with Gasteiger partial charge in [-0.1, -0.05) is 27.2 Å². The number of nitrogens with one attached hydrogen (secondary N) is 1. The van der Waals surface area contributed by atoms with E-state index in [1.165, 1.54) is 6.42 Å². The highest BCUT2D eigenvalue weighted by Gasteiger charge is 2.43. The third-order valence-electron chi connectivity index (χ3n) is 4.47. The van der Waals surface area contributed by atoms with Crippen LogP contribution in [0.2, 0.25) is 0 Å². The van der Waals surface area contributed by atoms with E-state index in [-0.39, 0.29) is 35.2 Å². The predicted octanol–water partition coefficient (Wildman–Crippen LogP) is 1.55. The molecule has 0 radical (unpaired) electrons. The summed E-state index contributed by atoms with van der Waals surface area (Å²) in [6.45, 7) is 8.72. The van der Waals surface area contributed by atoms with E-state index in [1.807, 2.05) is 20.8 Å². The second kappa shape index (κ2) is 4.56. The predicted molar refractivity (Wildman–Crippen MR) is 69.9 cm³/mol. The summed E-state index contributed by atoms with van der Waals surface area (Å²) < 4.78 is 0. The smallest absolute Gasteiger partial charge is 0.246 e. The molecule has 1 aliphatic heterocycles. The average molecular weight is 252 g/mol. The highest BCUT2D eigenvalue weighted by molar-refractivity contribution is 5.96. The van der Waals surface area contributed by atoms with Gasteiger partial charge in [0.05, 0.1) is 0 Å². The summed E-state index contributed by atoms with van der Waals surface area (Å²) >= 11 is 0. The molecule has 0 spiro atoms. The van der Waals surface area contributed by atoms with Gasteiger partial charge >= 0.3 is 0 Å². The summed E-state index contributed by atoms with van der Waals surface area (Å²) in [4.78, 5) is 26.2. The van der Waals surface area contributed by atoms with Crippen LogP contribution in [-0.2, 0) is 9.59 Å². The van der Waals surface area contributed by atoms with Gasteiger partial charge in [-0.25, -0.2) is 0 Å². The van der Waals surface area contributed by atoms with Gasteiger partial charge in [0.1, 0.15) is 12.1 Å². The van der Waals surface area contributed by atoms with E-state index in [4.69, 9.17) is 0 Å². The Balaban J connectivity index is 2.14. The fourth-order valence-electron chi connectivity index (χ4n) is 2.86. The van der Waals surface area contributed by atoms with Crippen molar-refractivity contribution in [2.24, 2.45) is 11.3 Å². The molecular formula is C14H24N2O2. The minimum absolute atomic E-state index is 0.0174. The van der Waals surface area contributed by atoms with Crippen LogP contribution in [0, 0.1) is 11.3 Å². The van der Waals surface area contributed by atoms with E-state index in [0.717, 1.165) is 19.4 Å². The maximum Gasteiger partial charge on any atom is 0.246 e. The normalized spacial score (nSPS) is 31.3. The van der Waals surface area contributed by atoms with Crippen molar-refractivity contribution in [2.75, 3.05) is 6.54 Å². The van der Waals surface area contributed by atoms with Crippen molar-refractivity contribution in [3.05, 3.63) is 0 Å². The van der Waals surface area contributed by atoms with Gasteiger partial charge in [0.25, 0.3) is 0 Å². The molecule has 2 amide bonds. The van der Waals surface area contributed by atoms with Gasteiger partial charge in [-0.15, -0.1) is 0 Å². The van der Waals surface area contributed by atoms with Crippen LogP contribution in [0.3, 0.4) is 0 Å². The van der Waals surface area contributed by atoms with Gasteiger partial charge < -0.3 is 10.2 Å². The molecule has 2 unspecified atom stereocenters. The summed E-state index contributed by atoms with van der Waals surface area (Å²) in [5, 5.41) is 2.84. The molecule has 1 saturated carbocycles. The lowest BCUT2D eigenvalue weighted by Crippen LogP contribution is -2.65. The maximum absolute atomic E-state index is 12.5. The molecule has 2 rings (SSSR count). The average Bonchev–Trinajstić information content (AvgIpc) is 2.26. The van der Waals surface area contributed by atoms with E-state index in [2.05, 4.69) is 12.2 Å². The molecule has 2 fully saturated rings. The Kier molecular flexibility index (Phi) is 3.39. The van der Waals surface area contributed by atoms with Gasteiger partial charge in [0.2, 0.25) is 11.8 Å². The Bertz CT molecular complexity index is 361. The lowest BCUT2D eigenvalue weighted by molar-refractivity contribution is -0.152. The van der Waals surface area contributed by atoms with Crippen LogP contribution in [0.25, 0.3) is 0 Å². The Labute approximate surface area is 109 Å². The van der Waals surface area contributed by atoms with E-state index in [1.54, 1.807) is 4.90 Å². The van der Waals surface area contributed by atoms with E-state index in [0.29, 0.717) is 0 Å². The lowest BCUT2D eigenvalue weighted by atomic mass is 9.70. The highest BCUT2D eigenvalue weighted by Crippen LogP contribution is 2.41. The first-order valence-corrected chi connectivity index (χ1v) is 6.95. The molecular weight excluding hydrogens is 228 g/mol. The van der Waals surface area contributed by atoms with Gasteiger partial charge in [-0.2, -0.15) is 0 Å². The zero-order chi connectivity index (χ0) is 13.5. The van der Waals surface area contributed by atoms with Crippen molar-refractivity contribution >= 4 is 11.8 Å². The lowest BCUT2D eigenvalue weighted by Gasteiger charge is -2.47. The molecule has 1 aliphatic carbocycles. The number of carbonyl (C=O) groups excluding carboxylic acids is 2. The molecule has 18 heavy (non-hydrogen) atoms. The quantitative estimate of drug-likeness (QED) is 0.828. The Morgan fingerprint density at radius 2 is 2.00 bits per heavy atom. The molecule has 1 saturated heterocycles. The number of rotatable bonds is 3. The molecule has 0 aromatic carbocycles. The van der Waals surface area contributed by atoms with Crippen molar-refractivity contribution in [3.8, 4) is 0 Å². The monoisotopic (exact) mass is 252 g/mol. The molecule has 102 valence electrons. The SMILES string of the molecule is CC(C)C1NC(=O)C(C)N(CC2(C)CCC2)C1=O. The van der Waals surface area contributed by atoms with Crippen molar-refractivity contribution in [2.45, 2.75) is 59.0 Å². The molecule has 0 bridgehead atoms. The zero-order valence-corrected chi connectivity index (χ0v) is 11.8. The summed E-state index contributed by atoms with van der Waals surface area (Å²) in [6.07, 6.45) is 3.57. The topological polar surface area (TPSA) is 49.4 Å². The van der Waals surface area contributed by atoms with Crippen LogP contribution in [0.15, 0.2) is 0 Å². The first-order chi connectivity index (χ1) is 8.34. The fraction of sp³-hybridized carbons (Fsp3) is 0.857. The number of amides is 2. The van der Waals surface area contributed by atoms with Gasteiger partial charge in [-0.05, 0) is 31.1 Å². The molecule has 4 nitrogen and oxygen atoms in total. The van der Waals surface area contributed by atoms with Crippen LogP contribution in [0.4, 0.5) is 0 Å². The minimum Gasteiger partial charge on any atom is -0.342 e. The van der Waals surface area contributed by atoms with Gasteiger partial charge in [0.15, 0.2) is 0 Å². The first kappa shape index (κ1) is 13.4. The minimum atomic E-state index is -0.350. The third-order valence-corrected chi connectivity index (χ3v) is 4.47. The molecule has 0 aromatic rings. The van der Waals surface area contributed by atoms with Crippen molar-refractivity contribution in [1.29, 1.82) is 0 Å². The number of hydrogen-bond donors (Lipinski definition) is 1. The molecule has 4 heteroatoms. The number of carbonyl (C=O) groups is 2. The summed E-state index contributed by atoms with van der Waals surface area (Å²) in [5.74, 6) is 0.215. The van der Waals surface area contributed by atoms with Crippen LogP contribution >= 0.6 is 0 Å². The zero-order valence-electron chi connectivity index (χ0n) is 11.8. The largest absolute Gasteiger partial charge is 0.342 e. The number of hydrogen-bond acceptors (Lipinski definition) is 2. The maximum atomic E-state index is 12.5. The molecule has 1 N–H and O–H groups in total. The number of nitrogens with zero attached hydrogens (tertiary/aromatic N) is 1. The Morgan fingerprint density at radius 3 is 2.44 bits per heavy atom. The van der Waals surface area contributed by atoms with Crippen molar-refractivity contribution in [3.63, 3.8) is 0 Å². The number of piperazine rings is 1. The second-order valence-corrected chi connectivity index (χ2v) is 6.54. The van der Waals surface area contributed by atoms with E-state index >= 15 is 0 Å². The van der Waals surface area contributed by atoms with E-state index < -0.39 is 0 Å². The summed E-state index contributed by atoms with van der Waals surface area (Å²) in [7, 11) is 0. The van der Waals surface area contributed by atoms with E-state index in [9.17, 15) is 9.59 Å². The molecule has 1 heterocycles. The van der Waals surface area contributed by atoms with Crippen LogP contribution in [0.5, 0.6) is 0 Å². The van der Waals surface area contributed by atoms with Crippen LogP contribution in [-0.4, -0.2) is 35.3 Å². The fourth-order valence-corrected chi connectivity index (χ4v) is 2.86. The standard InChI is InChI=1S/C14H24N2O2/c1-9(2)11-13(18)16(10(3)12(17)15-11)8-14(4)6-5-7-14/h9-11H,5-8H2,1-4H3,(H,15,17). The highest BCUT2D eigenvalue weighted by atomic mass is 16.2. The second-order valence-electron chi connectivity index (χ2n) is 6.54. The van der Waals surface area contributed by atoms with Crippen molar-refractivity contribution < 1.29 is 9.59 Å². The summed E-state index contributed by atoms with van der Waals surface area (Å²) in [6, 6.07) is -0.678. The molecule has 0 aromatic heterocycles. The van der Waals surface area contributed by atoms with Crippen molar-refractivity contribution in [1.82, 2.24) is 10.2 Å². The van der Waals surface area contributed by atoms with Crippen LogP contribution in [0.1, 0.15) is 47.0 Å². The van der Waals surface area contributed by atoms with Gasteiger partial charge in [-0.3, -0.25) is 9.59 Å².